The van der Waals surface area contributed by atoms with Crippen molar-refractivity contribution in [3.63, 3.8) is 0 Å². The average Bonchev–Trinajstić information content (AvgIpc) is 2.88. The van der Waals surface area contributed by atoms with Crippen LogP contribution in [0, 0.1) is 0 Å². The third-order valence-corrected chi connectivity index (χ3v) is 3.34. The Morgan fingerprint density at radius 3 is 2.53 bits per heavy atom. The van der Waals surface area contributed by atoms with E-state index in [1.807, 2.05) is 36.5 Å². The Kier molecular flexibility index (Phi) is 4.39. The molecule has 100 valence electrons. The highest BCUT2D eigenvalue weighted by atomic mass is 16.1. The Labute approximate surface area is 114 Å². The van der Waals surface area contributed by atoms with Gasteiger partial charge in [-0.3, -0.25) is 4.79 Å². The number of carbonyl (C=O) groups excluding carboxylic acids is 1. The molecule has 0 atom stereocenters. The first-order valence-corrected chi connectivity index (χ1v) is 6.77. The van der Waals surface area contributed by atoms with E-state index in [2.05, 4.69) is 24.1 Å². The van der Waals surface area contributed by atoms with Gasteiger partial charge in [0.15, 0.2) is 0 Å². The van der Waals surface area contributed by atoms with E-state index in [9.17, 15) is 4.79 Å². The van der Waals surface area contributed by atoms with Crippen LogP contribution in [0.15, 0.2) is 36.5 Å². The summed E-state index contributed by atoms with van der Waals surface area (Å²) < 4.78 is 0. The highest BCUT2D eigenvalue weighted by molar-refractivity contribution is 5.94. The van der Waals surface area contributed by atoms with Gasteiger partial charge in [0.25, 0.3) is 5.91 Å². The van der Waals surface area contributed by atoms with Crippen molar-refractivity contribution in [3.8, 4) is 0 Å². The summed E-state index contributed by atoms with van der Waals surface area (Å²) in [5, 5.41) is 2.96. The SMILES string of the molecule is CCc1c[nH]c(C(=O)NCc2ccccc2)c1CC. The molecule has 0 saturated heterocycles. The standard InChI is InChI=1S/C16H20N2O/c1-3-13-11-17-15(14(13)4-2)16(19)18-10-12-8-6-5-7-9-12/h5-9,11,17H,3-4,10H2,1-2H3,(H,18,19). The van der Waals surface area contributed by atoms with E-state index in [4.69, 9.17) is 0 Å². The van der Waals surface area contributed by atoms with E-state index in [-0.39, 0.29) is 5.91 Å². The minimum absolute atomic E-state index is 0.0274. The molecule has 0 unspecified atom stereocenters. The maximum Gasteiger partial charge on any atom is 0.268 e. The minimum Gasteiger partial charge on any atom is -0.357 e. The van der Waals surface area contributed by atoms with Gasteiger partial charge in [-0.1, -0.05) is 44.2 Å². The number of aromatic nitrogens is 1. The van der Waals surface area contributed by atoms with Crippen LogP contribution in [-0.4, -0.2) is 10.9 Å². The van der Waals surface area contributed by atoms with Gasteiger partial charge in [0.1, 0.15) is 5.69 Å². The fourth-order valence-corrected chi connectivity index (χ4v) is 2.28. The molecule has 3 nitrogen and oxygen atoms in total. The average molecular weight is 256 g/mol. The Bertz CT molecular complexity index is 543. The van der Waals surface area contributed by atoms with Gasteiger partial charge in [0.2, 0.25) is 0 Å². The molecule has 0 fully saturated rings. The highest BCUT2D eigenvalue weighted by Crippen LogP contribution is 2.15. The second kappa shape index (κ2) is 6.23. The first-order chi connectivity index (χ1) is 9.26. The molecule has 1 aromatic heterocycles. The quantitative estimate of drug-likeness (QED) is 0.848. The molecular weight excluding hydrogens is 236 g/mol. The predicted molar refractivity (Wildman–Crippen MR) is 77.2 cm³/mol. The molecule has 2 rings (SSSR count). The van der Waals surface area contributed by atoms with Crippen molar-refractivity contribution in [3.05, 3.63) is 58.9 Å². The van der Waals surface area contributed by atoms with Gasteiger partial charge in [-0.2, -0.15) is 0 Å². The second-order valence-corrected chi connectivity index (χ2v) is 4.54. The van der Waals surface area contributed by atoms with Crippen molar-refractivity contribution in [1.82, 2.24) is 10.3 Å². The fourth-order valence-electron chi connectivity index (χ4n) is 2.28. The zero-order chi connectivity index (χ0) is 13.7. The second-order valence-electron chi connectivity index (χ2n) is 4.54. The summed E-state index contributed by atoms with van der Waals surface area (Å²) in [6.45, 7) is 4.74. The highest BCUT2D eigenvalue weighted by Gasteiger charge is 2.14. The van der Waals surface area contributed by atoms with E-state index in [0.717, 1.165) is 24.0 Å². The van der Waals surface area contributed by atoms with Crippen molar-refractivity contribution in [2.24, 2.45) is 0 Å². The molecule has 1 amide bonds. The number of hydrogen-bond donors (Lipinski definition) is 2. The molecule has 0 saturated carbocycles. The van der Waals surface area contributed by atoms with Crippen molar-refractivity contribution < 1.29 is 4.79 Å². The summed E-state index contributed by atoms with van der Waals surface area (Å²) in [6.07, 6.45) is 3.77. The lowest BCUT2D eigenvalue weighted by Crippen LogP contribution is -2.24. The molecule has 19 heavy (non-hydrogen) atoms. The third kappa shape index (κ3) is 3.05. The van der Waals surface area contributed by atoms with E-state index in [0.29, 0.717) is 12.2 Å². The predicted octanol–water partition coefficient (Wildman–Crippen LogP) is 3.07. The van der Waals surface area contributed by atoms with Crippen LogP contribution in [0.2, 0.25) is 0 Å². The molecule has 0 aliphatic carbocycles. The van der Waals surface area contributed by atoms with Gasteiger partial charge in [-0.25, -0.2) is 0 Å². The number of benzene rings is 1. The largest absolute Gasteiger partial charge is 0.357 e. The van der Waals surface area contributed by atoms with Gasteiger partial charge in [-0.05, 0) is 29.5 Å². The van der Waals surface area contributed by atoms with Crippen LogP contribution < -0.4 is 5.32 Å². The number of H-pyrrole nitrogens is 1. The van der Waals surface area contributed by atoms with Crippen LogP contribution >= 0.6 is 0 Å². The van der Waals surface area contributed by atoms with Crippen molar-refractivity contribution in [2.75, 3.05) is 0 Å². The number of aromatic amines is 1. The zero-order valence-corrected chi connectivity index (χ0v) is 11.5. The summed E-state index contributed by atoms with van der Waals surface area (Å²) in [5.41, 5.74) is 4.17. The Hall–Kier alpha value is -2.03. The molecule has 0 spiro atoms. The Morgan fingerprint density at radius 1 is 1.16 bits per heavy atom. The van der Waals surface area contributed by atoms with Gasteiger partial charge in [-0.15, -0.1) is 0 Å². The summed E-state index contributed by atoms with van der Waals surface area (Å²) in [4.78, 5) is 15.3. The van der Waals surface area contributed by atoms with Crippen molar-refractivity contribution in [1.29, 1.82) is 0 Å². The Balaban J connectivity index is 2.06. The van der Waals surface area contributed by atoms with Crippen LogP contribution in [-0.2, 0) is 19.4 Å². The first-order valence-electron chi connectivity index (χ1n) is 6.77. The first kappa shape index (κ1) is 13.4. The van der Waals surface area contributed by atoms with E-state index >= 15 is 0 Å². The van der Waals surface area contributed by atoms with Crippen molar-refractivity contribution in [2.45, 2.75) is 33.2 Å². The molecule has 0 aliphatic rings. The molecule has 1 heterocycles. The van der Waals surface area contributed by atoms with Crippen LogP contribution in [0.25, 0.3) is 0 Å². The number of rotatable bonds is 5. The topological polar surface area (TPSA) is 44.9 Å². The number of carbonyl (C=O) groups is 1. The molecule has 0 radical (unpaired) electrons. The van der Waals surface area contributed by atoms with Gasteiger partial charge < -0.3 is 10.3 Å². The summed E-state index contributed by atoms with van der Waals surface area (Å²) >= 11 is 0. The summed E-state index contributed by atoms with van der Waals surface area (Å²) in [7, 11) is 0. The molecule has 3 heteroatoms. The van der Waals surface area contributed by atoms with Crippen LogP contribution in [0.1, 0.15) is 41.0 Å². The summed E-state index contributed by atoms with van der Waals surface area (Å²) in [6, 6.07) is 9.94. The lowest BCUT2D eigenvalue weighted by molar-refractivity contribution is 0.0945. The van der Waals surface area contributed by atoms with Crippen LogP contribution in [0.4, 0.5) is 0 Å². The third-order valence-electron chi connectivity index (χ3n) is 3.34. The van der Waals surface area contributed by atoms with Gasteiger partial charge >= 0.3 is 0 Å². The maximum atomic E-state index is 12.2. The molecule has 0 aliphatic heterocycles. The van der Waals surface area contributed by atoms with E-state index in [1.165, 1.54) is 5.56 Å². The van der Waals surface area contributed by atoms with Crippen molar-refractivity contribution >= 4 is 5.91 Å². The fraction of sp³-hybridized carbons (Fsp3) is 0.312. The normalized spacial score (nSPS) is 10.4. The smallest absolute Gasteiger partial charge is 0.268 e. The number of hydrogen-bond acceptors (Lipinski definition) is 1. The molecule has 0 bridgehead atoms. The van der Waals surface area contributed by atoms with E-state index in [1.54, 1.807) is 0 Å². The lowest BCUT2D eigenvalue weighted by Gasteiger charge is -2.06. The lowest BCUT2D eigenvalue weighted by atomic mass is 10.1. The van der Waals surface area contributed by atoms with Gasteiger partial charge in [0, 0.05) is 12.7 Å². The van der Waals surface area contributed by atoms with Gasteiger partial charge in [0.05, 0.1) is 0 Å². The Morgan fingerprint density at radius 2 is 1.89 bits per heavy atom. The maximum absolute atomic E-state index is 12.2. The van der Waals surface area contributed by atoms with Crippen LogP contribution in [0.5, 0.6) is 0 Å². The monoisotopic (exact) mass is 256 g/mol. The van der Waals surface area contributed by atoms with Crippen LogP contribution in [0.3, 0.4) is 0 Å². The number of aryl methyl sites for hydroxylation is 1. The molecule has 1 aromatic carbocycles. The van der Waals surface area contributed by atoms with E-state index < -0.39 is 0 Å². The molecule has 2 aromatic rings. The summed E-state index contributed by atoms with van der Waals surface area (Å²) in [5.74, 6) is -0.0274. The minimum atomic E-state index is -0.0274. The molecular formula is C16H20N2O. The zero-order valence-electron chi connectivity index (χ0n) is 11.5. The molecule has 2 N–H and O–H groups in total. The number of nitrogens with one attached hydrogen (secondary N) is 2. The number of amides is 1.